The number of hydrogen-bond acceptors (Lipinski definition) is 5. The molecule has 1 aliphatic rings. The van der Waals surface area contributed by atoms with E-state index in [1.54, 1.807) is 29.1 Å². The van der Waals surface area contributed by atoms with Crippen LogP contribution in [0.1, 0.15) is 28.4 Å². The van der Waals surface area contributed by atoms with Gasteiger partial charge in [-0.2, -0.15) is 5.10 Å². The Morgan fingerprint density at radius 3 is 2.60 bits per heavy atom. The van der Waals surface area contributed by atoms with Gasteiger partial charge in [-0.25, -0.2) is 0 Å². The predicted molar refractivity (Wildman–Crippen MR) is 89.1 cm³/mol. The Hall–Kier alpha value is -2.90. The first-order valence-corrected chi connectivity index (χ1v) is 8.20. The highest BCUT2D eigenvalue weighted by molar-refractivity contribution is 5.92. The summed E-state index contributed by atoms with van der Waals surface area (Å²) in [7, 11) is 0. The largest absolute Gasteiger partial charge is 0.469 e. The summed E-state index contributed by atoms with van der Waals surface area (Å²) in [5.41, 5.74) is 0.106. The zero-order valence-corrected chi connectivity index (χ0v) is 14.0. The summed E-state index contributed by atoms with van der Waals surface area (Å²) in [4.78, 5) is 39.8. The highest BCUT2D eigenvalue weighted by Crippen LogP contribution is 2.09. The molecule has 0 aliphatic carbocycles. The molecular formula is C17H20N4O4. The van der Waals surface area contributed by atoms with Gasteiger partial charge >= 0.3 is 0 Å². The summed E-state index contributed by atoms with van der Waals surface area (Å²) >= 11 is 0. The smallest absolute Gasteiger partial charge is 0.278 e. The molecule has 3 heterocycles. The fraction of sp³-hybridized carbons (Fsp3) is 0.412. The second-order valence-electron chi connectivity index (χ2n) is 6.02. The van der Waals surface area contributed by atoms with Crippen LogP contribution in [0.25, 0.3) is 0 Å². The van der Waals surface area contributed by atoms with Crippen molar-refractivity contribution in [1.82, 2.24) is 20.0 Å². The number of nitrogens with one attached hydrogen (secondary N) is 1. The maximum Gasteiger partial charge on any atom is 0.278 e. The molecule has 8 heteroatoms. The monoisotopic (exact) mass is 344 g/mol. The number of piperazine rings is 1. The van der Waals surface area contributed by atoms with Crippen LogP contribution < -0.4 is 5.43 Å². The first kappa shape index (κ1) is 16.9. The number of nitrogens with zero attached hydrogens (tertiary/aromatic N) is 3. The number of carbonyl (C=O) groups is 2. The van der Waals surface area contributed by atoms with Gasteiger partial charge in [-0.05, 0) is 19.1 Å². The average molecular weight is 344 g/mol. The van der Waals surface area contributed by atoms with Crippen LogP contribution in [0, 0.1) is 6.92 Å². The molecule has 132 valence electrons. The highest BCUT2D eigenvalue weighted by Gasteiger charge is 2.26. The van der Waals surface area contributed by atoms with E-state index in [1.807, 2.05) is 6.07 Å². The maximum atomic E-state index is 12.4. The lowest BCUT2D eigenvalue weighted by Crippen LogP contribution is -2.51. The number of hydrogen-bond donors (Lipinski definition) is 1. The molecule has 2 aromatic rings. The lowest BCUT2D eigenvalue weighted by Gasteiger charge is -2.34. The van der Waals surface area contributed by atoms with Gasteiger partial charge in [-0.3, -0.25) is 19.5 Å². The first-order chi connectivity index (χ1) is 12.0. The van der Waals surface area contributed by atoms with Crippen molar-refractivity contribution in [1.29, 1.82) is 0 Å². The summed E-state index contributed by atoms with van der Waals surface area (Å²) in [6, 6.07) is 5.00. The molecule has 0 saturated carbocycles. The minimum absolute atomic E-state index is 0.0369. The van der Waals surface area contributed by atoms with Crippen LogP contribution in [0.5, 0.6) is 0 Å². The van der Waals surface area contributed by atoms with E-state index in [1.165, 1.54) is 6.07 Å². The lowest BCUT2D eigenvalue weighted by molar-refractivity contribution is -0.132. The Labute approximate surface area is 144 Å². The van der Waals surface area contributed by atoms with Crippen molar-refractivity contribution < 1.29 is 14.0 Å². The topological polar surface area (TPSA) is 99.5 Å². The molecule has 0 radical (unpaired) electrons. The molecule has 1 fully saturated rings. The van der Waals surface area contributed by atoms with E-state index in [-0.39, 0.29) is 11.6 Å². The SMILES string of the molecule is Cc1cc(=O)c(C(=O)N2CCN(C(=O)CCc3ccco3)CC2)n[nH]1. The number of amides is 2. The molecule has 0 unspecified atom stereocenters. The molecule has 0 spiro atoms. The van der Waals surface area contributed by atoms with Crippen molar-refractivity contribution >= 4 is 11.8 Å². The molecule has 1 aliphatic heterocycles. The van der Waals surface area contributed by atoms with Gasteiger partial charge in [-0.1, -0.05) is 0 Å². The molecule has 0 bridgehead atoms. The highest BCUT2D eigenvalue weighted by atomic mass is 16.3. The number of aryl methyl sites for hydroxylation is 2. The number of furan rings is 1. The molecular weight excluding hydrogens is 324 g/mol. The van der Waals surface area contributed by atoms with Crippen LogP contribution >= 0.6 is 0 Å². The molecule has 2 amide bonds. The van der Waals surface area contributed by atoms with Crippen molar-refractivity contribution in [2.24, 2.45) is 0 Å². The third-order valence-corrected chi connectivity index (χ3v) is 4.21. The first-order valence-electron chi connectivity index (χ1n) is 8.20. The van der Waals surface area contributed by atoms with Crippen molar-refractivity contribution in [2.75, 3.05) is 26.2 Å². The van der Waals surface area contributed by atoms with E-state index in [4.69, 9.17) is 4.42 Å². The molecule has 1 saturated heterocycles. The number of aromatic amines is 1. The van der Waals surface area contributed by atoms with Crippen molar-refractivity contribution in [3.05, 3.63) is 51.8 Å². The van der Waals surface area contributed by atoms with Crippen LogP contribution in [0.2, 0.25) is 0 Å². The van der Waals surface area contributed by atoms with E-state index < -0.39 is 11.3 Å². The van der Waals surface area contributed by atoms with Crippen LogP contribution in [0.15, 0.2) is 33.7 Å². The summed E-state index contributed by atoms with van der Waals surface area (Å²) in [6.45, 7) is 3.38. The summed E-state index contributed by atoms with van der Waals surface area (Å²) < 4.78 is 5.23. The summed E-state index contributed by atoms with van der Waals surface area (Å²) in [6.07, 6.45) is 2.53. The van der Waals surface area contributed by atoms with E-state index in [9.17, 15) is 14.4 Å². The molecule has 25 heavy (non-hydrogen) atoms. The van der Waals surface area contributed by atoms with Crippen molar-refractivity contribution in [3.8, 4) is 0 Å². The second kappa shape index (κ2) is 7.33. The number of rotatable bonds is 4. The van der Waals surface area contributed by atoms with Gasteiger partial charge < -0.3 is 14.2 Å². The number of carbonyl (C=O) groups excluding carboxylic acids is 2. The predicted octanol–water partition coefficient (Wildman–Crippen LogP) is 0.589. The van der Waals surface area contributed by atoms with Crippen LogP contribution in [0.4, 0.5) is 0 Å². The van der Waals surface area contributed by atoms with Crippen LogP contribution in [-0.2, 0) is 11.2 Å². The quantitative estimate of drug-likeness (QED) is 0.875. The second-order valence-corrected chi connectivity index (χ2v) is 6.02. The third-order valence-electron chi connectivity index (χ3n) is 4.21. The van der Waals surface area contributed by atoms with Crippen molar-refractivity contribution in [2.45, 2.75) is 19.8 Å². The maximum absolute atomic E-state index is 12.4. The minimum atomic E-state index is -0.399. The van der Waals surface area contributed by atoms with E-state index in [0.717, 1.165) is 5.76 Å². The van der Waals surface area contributed by atoms with Gasteiger partial charge in [0.25, 0.3) is 5.91 Å². The van der Waals surface area contributed by atoms with Gasteiger partial charge in [0.2, 0.25) is 11.3 Å². The van der Waals surface area contributed by atoms with Crippen LogP contribution in [-0.4, -0.2) is 58.0 Å². The lowest BCUT2D eigenvalue weighted by atomic mass is 10.2. The number of H-pyrrole nitrogens is 1. The Kier molecular flexibility index (Phi) is 4.97. The standard InChI is InChI=1S/C17H20N4O4/c1-12-11-14(22)16(19-18-12)17(24)21-8-6-20(7-9-21)15(23)5-4-13-3-2-10-25-13/h2-3,10-11H,4-9H2,1H3,(H,18,22). The molecule has 0 aromatic carbocycles. The average Bonchev–Trinajstić information content (AvgIpc) is 3.13. The van der Waals surface area contributed by atoms with Gasteiger partial charge in [-0.15, -0.1) is 0 Å². The summed E-state index contributed by atoms with van der Waals surface area (Å²) in [5.74, 6) is 0.422. The van der Waals surface area contributed by atoms with Gasteiger partial charge in [0.15, 0.2) is 5.69 Å². The van der Waals surface area contributed by atoms with Crippen molar-refractivity contribution in [3.63, 3.8) is 0 Å². The molecule has 2 aromatic heterocycles. The van der Waals surface area contributed by atoms with Crippen LogP contribution in [0.3, 0.4) is 0 Å². The Morgan fingerprint density at radius 1 is 1.24 bits per heavy atom. The number of aromatic nitrogens is 2. The molecule has 0 atom stereocenters. The van der Waals surface area contributed by atoms with E-state index in [0.29, 0.717) is 44.7 Å². The normalized spacial score (nSPS) is 14.6. The fourth-order valence-corrected chi connectivity index (χ4v) is 2.80. The van der Waals surface area contributed by atoms with E-state index >= 15 is 0 Å². The van der Waals surface area contributed by atoms with E-state index in [2.05, 4.69) is 10.2 Å². The Bertz CT molecular complexity index is 804. The fourth-order valence-electron chi connectivity index (χ4n) is 2.80. The Balaban J connectivity index is 1.53. The van der Waals surface area contributed by atoms with Gasteiger partial charge in [0, 0.05) is 50.8 Å². The minimum Gasteiger partial charge on any atom is -0.469 e. The van der Waals surface area contributed by atoms with Gasteiger partial charge in [0.05, 0.1) is 6.26 Å². The third kappa shape index (κ3) is 3.96. The Morgan fingerprint density at radius 2 is 1.96 bits per heavy atom. The van der Waals surface area contributed by atoms with Gasteiger partial charge in [0.1, 0.15) is 5.76 Å². The zero-order valence-electron chi connectivity index (χ0n) is 14.0. The molecule has 1 N–H and O–H groups in total. The molecule has 3 rings (SSSR count). The summed E-state index contributed by atoms with van der Waals surface area (Å²) in [5, 5.41) is 6.49. The zero-order chi connectivity index (χ0) is 17.8. The molecule has 8 nitrogen and oxygen atoms in total.